The lowest BCUT2D eigenvalue weighted by Crippen LogP contribution is -2.12. The van der Waals surface area contributed by atoms with E-state index in [0.29, 0.717) is 13.2 Å². The molecule has 0 saturated heterocycles. The second-order valence-corrected chi connectivity index (χ2v) is 5.26. The van der Waals surface area contributed by atoms with Gasteiger partial charge in [-0.15, -0.1) is 0 Å². The van der Waals surface area contributed by atoms with Crippen molar-refractivity contribution < 1.29 is 9.84 Å². The number of aliphatic hydroxyl groups excluding tert-OH is 1. The van der Waals surface area contributed by atoms with Gasteiger partial charge in [-0.3, -0.25) is 0 Å². The van der Waals surface area contributed by atoms with Gasteiger partial charge in [-0.05, 0) is 17.2 Å². The van der Waals surface area contributed by atoms with Crippen LogP contribution in [0.4, 0.5) is 0 Å². The van der Waals surface area contributed by atoms with E-state index in [9.17, 15) is 5.11 Å². The number of rotatable bonds is 6. The van der Waals surface area contributed by atoms with E-state index in [1.165, 1.54) is 0 Å². The first kappa shape index (κ1) is 14.3. The normalized spacial score (nSPS) is 12.3. The Morgan fingerprint density at radius 1 is 1.00 bits per heavy atom. The molecule has 2 aromatic rings. The largest absolute Gasteiger partial charge is 0.396 e. The van der Waals surface area contributed by atoms with Crippen LogP contribution in [0.25, 0.3) is 0 Å². The summed E-state index contributed by atoms with van der Waals surface area (Å²) >= 11 is 3.51. The van der Waals surface area contributed by atoms with Crippen LogP contribution in [0, 0.1) is 0 Å². The van der Waals surface area contributed by atoms with Crippen molar-refractivity contribution in [1.29, 1.82) is 0 Å². The molecule has 0 radical (unpaired) electrons. The summed E-state index contributed by atoms with van der Waals surface area (Å²) in [7, 11) is 0. The maximum absolute atomic E-state index is 9.50. The lowest BCUT2D eigenvalue weighted by atomic mass is 10.0. The van der Waals surface area contributed by atoms with Gasteiger partial charge in [0.15, 0.2) is 0 Å². The van der Waals surface area contributed by atoms with E-state index in [1.54, 1.807) is 0 Å². The van der Waals surface area contributed by atoms with E-state index in [4.69, 9.17) is 4.74 Å². The minimum atomic E-state index is -0.000660. The lowest BCUT2D eigenvalue weighted by Gasteiger charge is -2.16. The van der Waals surface area contributed by atoms with Crippen LogP contribution < -0.4 is 0 Å². The Balaban J connectivity index is 1.92. The Labute approximate surface area is 122 Å². The number of benzene rings is 2. The Morgan fingerprint density at radius 2 is 1.68 bits per heavy atom. The number of hydrogen-bond acceptors (Lipinski definition) is 2. The van der Waals surface area contributed by atoms with Gasteiger partial charge in [0.2, 0.25) is 0 Å². The molecule has 0 amide bonds. The van der Waals surface area contributed by atoms with E-state index < -0.39 is 0 Å². The van der Waals surface area contributed by atoms with Gasteiger partial charge >= 0.3 is 0 Å². The maximum atomic E-state index is 9.50. The zero-order valence-electron chi connectivity index (χ0n) is 10.6. The highest BCUT2D eigenvalue weighted by Gasteiger charge is 2.13. The maximum Gasteiger partial charge on any atom is 0.0717 e. The molecule has 0 bridgehead atoms. The minimum absolute atomic E-state index is 0.000660. The Morgan fingerprint density at radius 3 is 2.37 bits per heavy atom. The molecule has 0 saturated carbocycles. The van der Waals surface area contributed by atoms with Gasteiger partial charge in [-0.1, -0.05) is 64.5 Å². The number of aliphatic hydroxyl groups is 1. The predicted octanol–water partition coefficient (Wildman–Crippen LogP) is 3.74. The molecule has 1 unspecified atom stereocenters. The molecule has 100 valence electrons. The zero-order chi connectivity index (χ0) is 13.5. The van der Waals surface area contributed by atoms with Crippen LogP contribution in [-0.2, 0) is 11.3 Å². The Bertz CT molecular complexity index is 499. The van der Waals surface area contributed by atoms with Crippen LogP contribution in [0.5, 0.6) is 0 Å². The highest BCUT2D eigenvalue weighted by molar-refractivity contribution is 9.10. The van der Waals surface area contributed by atoms with Gasteiger partial charge in [0.05, 0.1) is 19.8 Å². The molecule has 0 aliphatic rings. The Hall–Kier alpha value is -1.16. The number of halogens is 1. The quantitative estimate of drug-likeness (QED) is 0.878. The summed E-state index contributed by atoms with van der Waals surface area (Å²) in [6, 6.07) is 18.0. The highest BCUT2D eigenvalue weighted by Crippen LogP contribution is 2.25. The van der Waals surface area contributed by atoms with E-state index >= 15 is 0 Å². The average Bonchev–Trinajstić information content (AvgIpc) is 2.46. The third kappa shape index (κ3) is 4.16. The standard InChI is InChI=1S/C16H17BrO2/c17-16-9-5-4-8-15(16)14(10-18)12-19-11-13-6-2-1-3-7-13/h1-9,14,18H,10-12H2. The molecule has 0 fully saturated rings. The summed E-state index contributed by atoms with van der Waals surface area (Å²) < 4.78 is 6.71. The summed E-state index contributed by atoms with van der Waals surface area (Å²) in [4.78, 5) is 0. The zero-order valence-corrected chi connectivity index (χ0v) is 12.2. The SMILES string of the molecule is OCC(COCc1ccccc1)c1ccccc1Br. The van der Waals surface area contributed by atoms with Crippen molar-refractivity contribution in [2.45, 2.75) is 12.5 Å². The number of ether oxygens (including phenoxy) is 1. The van der Waals surface area contributed by atoms with Gasteiger partial charge in [0.25, 0.3) is 0 Å². The van der Waals surface area contributed by atoms with Crippen molar-refractivity contribution in [2.24, 2.45) is 0 Å². The molecule has 0 aromatic heterocycles. The topological polar surface area (TPSA) is 29.5 Å². The fourth-order valence-corrected chi connectivity index (χ4v) is 2.55. The monoisotopic (exact) mass is 320 g/mol. The first-order chi connectivity index (χ1) is 9.31. The average molecular weight is 321 g/mol. The molecule has 19 heavy (non-hydrogen) atoms. The van der Waals surface area contributed by atoms with Gasteiger partial charge in [0, 0.05) is 10.4 Å². The van der Waals surface area contributed by atoms with Crippen molar-refractivity contribution >= 4 is 15.9 Å². The van der Waals surface area contributed by atoms with Crippen molar-refractivity contribution in [2.75, 3.05) is 13.2 Å². The summed E-state index contributed by atoms with van der Waals surface area (Å²) in [6.45, 7) is 1.16. The van der Waals surface area contributed by atoms with Gasteiger partial charge in [0.1, 0.15) is 0 Å². The smallest absolute Gasteiger partial charge is 0.0717 e. The molecule has 2 aromatic carbocycles. The molecule has 3 heteroatoms. The van der Waals surface area contributed by atoms with Crippen molar-refractivity contribution in [3.63, 3.8) is 0 Å². The van der Waals surface area contributed by atoms with Crippen LogP contribution in [-0.4, -0.2) is 18.3 Å². The Kier molecular flexibility index (Phi) is 5.58. The van der Waals surface area contributed by atoms with E-state index in [2.05, 4.69) is 15.9 Å². The molecule has 0 spiro atoms. The van der Waals surface area contributed by atoms with Crippen LogP contribution in [0.2, 0.25) is 0 Å². The molecule has 2 rings (SSSR count). The first-order valence-corrected chi connectivity index (χ1v) is 7.07. The fraction of sp³-hybridized carbons (Fsp3) is 0.250. The highest BCUT2D eigenvalue weighted by atomic mass is 79.9. The van der Waals surface area contributed by atoms with Crippen LogP contribution in [0.15, 0.2) is 59.1 Å². The second kappa shape index (κ2) is 7.43. The molecule has 0 aliphatic carbocycles. The number of hydrogen-bond donors (Lipinski definition) is 1. The second-order valence-electron chi connectivity index (χ2n) is 4.40. The minimum Gasteiger partial charge on any atom is -0.396 e. The molecular formula is C16H17BrO2. The van der Waals surface area contributed by atoms with Crippen molar-refractivity contribution in [1.82, 2.24) is 0 Å². The van der Waals surface area contributed by atoms with Crippen LogP contribution in [0.3, 0.4) is 0 Å². The first-order valence-electron chi connectivity index (χ1n) is 6.28. The van der Waals surface area contributed by atoms with Crippen LogP contribution in [0.1, 0.15) is 17.0 Å². The van der Waals surface area contributed by atoms with Gasteiger partial charge in [-0.25, -0.2) is 0 Å². The van der Waals surface area contributed by atoms with Crippen LogP contribution >= 0.6 is 15.9 Å². The van der Waals surface area contributed by atoms with E-state index in [0.717, 1.165) is 15.6 Å². The van der Waals surface area contributed by atoms with Crippen molar-refractivity contribution in [3.8, 4) is 0 Å². The predicted molar refractivity (Wildman–Crippen MR) is 80.1 cm³/mol. The molecular weight excluding hydrogens is 304 g/mol. The molecule has 1 N–H and O–H groups in total. The summed E-state index contributed by atoms with van der Waals surface area (Å²) in [6.07, 6.45) is 0. The molecule has 0 aliphatic heterocycles. The van der Waals surface area contributed by atoms with Crippen molar-refractivity contribution in [3.05, 3.63) is 70.2 Å². The summed E-state index contributed by atoms with van der Waals surface area (Å²) in [5.41, 5.74) is 2.23. The molecule has 0 heterocycles. The van der Waals surface area contributed by atoms with E-state index in [-0.39, 0.29) is 12.5 Å². The molecule has 2 nitrogen and oxygen atoms in total. The summed E-state index contributed by atoms with van der Waals surface area (Å²) in [5, 5.41) is 9.50. The lowest BCUT2D eigenvalue weighted by molar-refractivity contribution is 0.0881. The van der Waals surface area contributed by atoms with Gasteiger partial charge < -0.3 is 9.84 Å². The summed E-state index contributed by atoms with van der Waals surface area (Å²) in [5.74, 6) is -0.000660. The molecule has 1 atom stereocenters. The fourth-order valence-electron chi connectivity index (χ4n) is 1.94. The third-order valence-corrected chi connectivity index (χ3v) is 3.72. The van der Waals surface area contributed by atoms with E-state index in [1.807, 2.05) is 54.6 Å². The third-order valence-electron chi connectivity index (χ3n) is 3.00. The van der Waals surface area contributed by atoms with Gasteiger partial charge in [-0.2, -0.15) is 0 Å².